The summed E-state index contributed by atoms with van der Waals surface area (Å²) in [6.07, 6.45) is 0. The highest BCUT2D eigenvalue weighted by Gasteiger charge is 2.08. The number of nitrogens with two attached hydrogens (primary N) is 1. The Morgan fingerprint density at radius 2 is 1.90 bits per heavy atom. The molecule has 54 valence electrons. The van der Waals surface area contributed by atoms with E-state index in [9.17, 15) is 13.2 Å². The summed E-state index contributed by atoms with van der Waals surface area (Å²) in [4.78, 5) is 2.55. The van der Waals surface area contributed by atoms with E-state index in [0.717, 1.165) is 0 Å². The minimum absolute atomic E-state index is 0.579. The summed E-state index contributed by atoms with van der Waals surface area (Å²) in [5.41, 5.74) is 4.25. The molecule has 1 aromatic heterocycles. The highest BCUT2D eigenvalue weighted by Crippen LogP contribution is 2.11. The summed E-state index contributed by atoms with van der Waals surface area (Å²) in [6.45, 7) is 0. The molecule has 0 fully saturated rings. The van der Waals surface area contributed by atoms with Gasteiger partial charge in [-0.15, -0.1) is 0 Å². The van der Waals surface area contributed by atoms with Gasteiger partial charge in [0.2, 0.25) is 11.8 Å². The molecule has 0 atom stereocenters. The van der Waals surface area contributed by atoms with E-state index >= 15 is 0 Å². The second-order valence-corrected chi connectivity index (χ2v) is 1.64. The molecular formula is C5H3F3N2. The first-order valence-corrected chi connectivity index (χ1v) is 2.38. The zero-order valence-corrected chi connectivity index (χ0v) is 4.74. The Hall–Kier alpha value is -1.26. The molecule has 5 heteroatoms. The average molecular weight is 148 g/mol. The predicted octanol–water partition coefficient (Wildman–Crippen LogP) is 1.08. The van der Waals surface area contributed by atoms with Crippen LogP contribution in [0, 0.1) is 17.7 Å². The summed E-state index contributed by atoms with van der Waals surface area (Å²) in [7, 11) is 0. The number of anilines is 1. The van der Waals surface area contributed by atoms with E-state index in [-0.39, 0.29) is 0 Å². The lowest BCUT2D eigenvalue weighted by Crippen LogP contribution is -1.99. The van der Waals surface area contributed by atoms with Crippen molar-refractivity contribution in [1.82, 2.24) is 4.98 Å². The van der Waals surface area contributed by atoms with Crippen LogP contribution < -0.4 is 5.73 Å². The van der Waals surface area contributed by atoms with Crippen LogP contribution in [0.2, 0.25) is 0 Å². The van der Waals surface area contributed by atoms with E-state index in [2.05, 4.69) is 4.98 Å². The number of pyridine rings is 1. The van der Waals surface area contributed by atoms with Crippen LogP contribution in [0.25, 0.3) is 0 Å². The molecule has 2 nitrogen and oxygen atoms in total. The Balaban J connectivity index is 3.31. The lowest BCUT2D eigenvalue weighted by atomic mass is 10.4. The third-order valence-corrected chi connectivity index (χ3v) is 0.914. The molecule has 2 N–H and O–H groups in total. The molecule has 0 spiro atoms. The Kier molecular flexibility index (Phi) is 1.48. The third kappa shape index (κ3) is 1.02. The first-order valence-electron chi connectivity index (χ1n) is 2.38. The van der Waals surface area contributed by atoms with Gasteiger partial charge in [0.25, 0.3) is 5.95 Å². The Morgan fingerprint density at radius 3 is 2.40 bits per heavy atom. The number of nitrogens with zero attached hydrogens (tertiary/aromatic N) is 1. The van der Waals surface area contributed by atoms with Crippen molar-refractivity contribution in [3.63, 3.8) is 0 Å². The van der Waals surface area contributed by atoms with Gasteiger partial charge in [0.1, 0.15) is 0 Å². The van der Waals surface area contributed by atoms with Crippen LogP contribution >= 0.6 is 0 Å². The van der Waals surface area contributed by atoms with Crippen LogP contribution in [0.3, 0.4) is 0 Å². The van der Waals surface area contributed by atoms with Crippen LogP contribution in [0.1, 0.15) is 0 Å². The van der Waals surface area contributed by atoms with E-state index in [1.54, 1.807) is 0 Å². The molecule has 0 aliphatic carbocycles. The molecule has 0 bridgehead atoms. The molecule has 0 amide bonds. The number of hydrogen-bond donors (Lipinski definition) is 1. The zero-order chi connectivity index (χ0) is 7.72. The lowest BCUT2D eigenvalue weighted by molar-refractivity contribution is 0.450. The van der Waals surface area contributed by atoms with Gasteiger partial charge in [-0.3, -0.25) is 0 Å². The van der Waals surface area contributed by atoms with Gasteiger partial charge in [-0.2, -0.15) is 18.2 Å². The highest BCUT2D eigenvalue weighted by atomic mass is 19.2. The maximum absolute atomic E-state index is 12.2. The molecular weight excluding hydrogens is 145 g/mol. The van der Waals surface area contributed by atoms with Gasteiger partial charge in [0.05, 0.1) is 5.69 Å². The number of aromatic nitrogens is 1. The molecule has 0 radical (unpaired) electrons. The van der Waals surface area contributed by atoms with E-state index in [0.29, 0.717) is 6.07 Å². The van der Waals surface area contributed by atoms with Gasteiger partial charge >= 0.3 is 0 Å². The van der Waals surface area contributed by atoms with Crippen molar-refractivity contribution < 1.29 is 13.2 Å². The second kappa shape index (κ2) is 2.17. The fourth-order valence-electron chi connectivity index (χ4n) is 0.486. The Morgan fingerprint density at radius 1 is 1.30 bits per heavy atom. The maximum Gasteiger partial charge on any atom is 0.253 e. The minimum Gasteiger partial charge on any atom is -0.396 e. The van der Waals surface area contributed by atoms with Crippen molar-refractivity contribution in [3.8, 4) is 0 Å². The first-order chi connectivity index (χ1) is 4.61. The minimum atomic E-state index is -1.52. The lowest BCUT2D eigenvalue weighted by Gasteiger charge is -1.95. The van der Waals surface area contributed by atoms with Crippen LogP contribution in [0.15, 0.2) is 6.07 Å². The molecule has 0 saturated heterocycles. The summed E-state index contributed by atoms with van der Waals surface area (Å²) < 4.78 is 36.2. The maximum atomic E-state index is 12.2. The van der Waals surface area contributed by atoms with Crippen molar-refractivity contribution in [3.05, 3.63) is 23.8 Å². The summed E-state index contributed by atoms with van der Waals surface area (Å²) >= 11 is 0. The van der Waals surface area contributed by atoms with E-state index in [1.807, 2.05) is 0 Å². The van der Waals surface area contributed by atoms with Crippen molar-refractivity contribution in [2.24, 2.45) is 0 Å². The summed E-state index contributed by atoms with van der Waals surface area (Å²) in [5.74, 6) is -3.96. The first kappa shape index (κ1) is 6.85. The fraction of sp³-hybridized carbons (Fsp3) is 0. The smallest absolute Gasteiger partial charge is 0.253 e. The number of nitrogen functional groups attached to an aromatic ring is 1. The molecule has 0 saturated carbocycles. The fourth-order valence-corrected chi connectivity index (χ4v) is 0.486. The standard InChI is InChI=1S/C5H3F3N2/c6-3-1-2(9)4(7)5(8)10-3/h1H,(H2,9,10). The molecule has 0 aliphatic heterocycles. The van der Waals surface area contributed by atoms with Crippen molar-refractivity contribution >= 4 is 5.69 Å². The van der Waals surface area contributed by atoms with E-state index < -0.39 is 23.4 Å². The topological polar surface area (TPSA) is 38.9 Å². The van der Waals surface area contributed by atoms with Crippen molar-refractivity contribution in [2.45, 2.75) is 0 Å². The van der Waals surface area contributed by atoms with Crippen LogP contribution in [0.5, 0.6) is 0 Å². The zero-order valence-electron chi connectivity index (χ0n) is 4.74. The molecule has 1 heterocycles. The van der Waals surface area contributed by atoms with Gasteiger partial charge in [0.15, 0.2) is 0 Å². The Labute approximate surface area is 54.5 Å². The summed E-state index contributed by atoms with van der Waals surface area (Å²) in [6, 6.07) is 0.610. The quantitative estimate of drug-likeness (QED) is 0.559. The third-order valence-electron chi connectivity index (χ3n) is 0.914. The molecule has 10 heavy (non-hydrogen) atoms. The molecule has 1 aromatic rings. The van der Waals surface area contributed by atoms with E-state index in [1.165, 1.54) is 0 Å². The molecule has 0 aliphatic rings. The summed E-state index contributed by atoms with van der Waals surface area (Å²) in [5, 5.41) is 0. The SMILES string of the molecule is Nc1cc(F)nc(F)c1F. The van der Waals surface area contributed by atoms with E-state index in [4.69, 9.17) is 5.73 Å². The van der Waals surface area contributed by atoms with Gasteiger partial charge in [0, 0.05) is 6.07 Å². The molecule has 0 unspecified atom stereocenters. The van der Waals surface area contributed by atoms with Gasteiger partial charge in [-0.1, -0.05) is 0 Å². The van der Waals surface area contributed by atoms with Gasteiger partial charge < -0.3 is 5.73 Å². The molecule has 1 rings (SSSR count). The van der Waals surface area contributed by atoms with Crippen LogP contribution in [-0.4, -0.2) is 4.98 Å². The predicted molar refractivity (Wildman–Crippen MR) is 28.5 cm³/mol. The van der Waals surface area contributed by atoms with Gasteiger partial charge in [-0.05, 0) is 0 Å². The number of halogens is 3. The second-order valence-electron chi connectivity index (χ2n) is 1.64. The number of rotatable bonds is 0. The number of hydrogen-bond acceptors (Lipinski definition) is 2. The van der Waals surface area contributed by atoms with Gasteiger partial charge in [-0.25, -0.2) is 0 Å². The van der Waals surface area contributed by atoms with Crippen molar-refractivity contribution in [1.29, 1.82) is 0 Å². The highest BCUT2D eigenvalue weighted by molar-refractivity contribution is 5.37. The van der Waals surface area contributed by atoms with Crippen molar-refractivity contribution in [2.75, 3.05) is 5.73 Å². The average Bonchev–Trinajstić information content (AvgIpc) is 1.82. The Bertz CT molecular complexity index is 238. The molecule has 0 aromatic carbocycles. The normalized spacial score (nSPS) is 9.90. The van der Waals surface area contributed by atoms with Crippen LogP contribution in [0.4, 0.5) is 18.9 Å². The van der Waals surface area contributed by atoms with Crippen LogP contribution in [-0.2, 0) is 0 Å². The largest absolute Gasteiger partial charge is 0.396 e. The monoisotopic (exact) mass is 148 g/mol.